The molecule has 2 aromatic heterocycles. The van der Waals surface area contributed by atoms with E-state index in [0.717, 1.165) is 6.07 Å². The molecule has 0 aliphatic carbocycles. The maximum Gasteiger partial charge on any atom is 0.387 e. The lowest BCUT2D eigenvalue weighted by Gasteiger charge is -2.09. The zero-order valence-corrected chi connectivity index (χ0v) is 10.4. The molecule has 7 nitrogen and oxygen atoms in total. The predicted molar refractivity (Wildman–Crippen MR) is 68.9 cm³/mol. The Kier molecular flexibility index (Phi) is 3.01. The van der Waals surface area contributed by atoms with Crippen molar-refractivity contribution in [1.82, 2.24) is 19.6 Å². The van der Waals surface area contributed by atoms with Gasteiger partial charge in [-0.25, -0.2) is 4.98 Å². The molecular formula is C12H9F2N5O2. The number of fused-ring (bicyclic) bond motifs is 1. The lowest BCUT2D eigenvalue weighted by atomic mass is 10.2. The van der Waals surface area contributed by atoms with Gasteiger partial charge in [0.2, 0.25) is 0 Å². The standard InChI is InChI=1S/C12H9F2N5O2/c13-12(14)21-6-1-2-7(8(20)5-6)10-18-17-9(15)11-16-3-4-19(10)11/h1-5,12,20H,(H2,15,17). The maximum absolute atomic E-state index is 12.1. The van der Waals surface area contributed by atoms with Crippen LogP contribution in [0.25, 0.3) is 17.0 Å². The second-order valence-corrected chi connectivity index (χ2v) is 4.09. The zero-order chi connectivity index (χ0) is 15.0. The van der Waals surface area contributed by atoms with Gasteiger partial charge in [-0.2, -0.15) is 8.78 Å². The number of nitrogen functional groups attached to an aromatic ring is 1. The number of nitrogens with zero attached hydrogens (tertiary/aromatic N) is 4. The van der Waals surface area contributed by atoms with Crippen LogP contribution in [0.3, 0.4) is 0 Å². The van der Waals surface area contributed by atoms with Crippen LogP contribution in [-0.4, -0.2) is 31.3 Å². The molecule has 0 fully saturated rings. The molecule has 0 amide bonds. The minimum absolute atomic E-state index is 0.140. The highest BCUT2D eigenvalue weighted by Crippen LogP contribution is 2.32. The summed E-state index contributed by atoms with van der Waals surface area (Å²) in [6, 6.07) is 3.76. The molecule has 3 N–H and O–H groups in total. The Bertz CT molecular complexity index is 805. The van der Waals surface area contributed by atoms with Gasteiger partial charge in [-0.05, 0) is 12.1 Å². The molecule has 0 saturated heterocycles. The summed E-state index contributed by atoms with van der Waals surface area (Å²) in [5, 5.41) is 17.6. The van der Waals surface area contributed by atoms with Gasteiger partial charge < -0.3 is 15.6 Å². The van der Waals surface area contributed by atoms with Crippen LogP contribution in [0, 0.1) is 0 Å². The highest BCUT2D eigenvalue weighted by molar-refractivity contribution is 5.70. The molecule has 3 rings (SSSR count). The zero-order valence-electron chi connectivity index (χ0n) is 10.4. The quantitative estimate of drug-likeness (QED) is 0.762. The SMILES string of the molecule is Nc1nnc(-c2ccc(OC(F)F)cc2O)n2ccnc12. The van der Waals surface area contributed by atoms with Crippen LogP contribution >= 0.6 is 0 Å². The number of hydrogen-bond acceptors (Lipinski definition) is 6. The summed E-state index contributed by atoms with van der Waals surface area (Å²) in [6.07, 6.45) is 3.10. The van der Waals surface area contributed by atoms with Crippen molar-refractivity contribution < 1.29 is 18.6 Å². The number of phenolic OH excluding ortho intramolecular Hbond substituents is 1. The number of phenols is 1. The number of aromatic hydroxyl groups is 1. The van der Waals surface area contributed by atoms with Crippen molar-refractivity contribution >= 4 is 11.5 Å². The molecule has 3 aromatic rings. The summed E-state index contributed by atoms with van der Waals surface area (Å²) in [4.78, 5) is 4.02. The molecule has 0 unspecified atom stereocenters. The predicted octanol–water partition coefficient (Wildman–Crippen LogP) is 1.68. The number of rotatable bonds is 3. The monoisotopic (exact) mass is 293 g/mol. The van der Waals surface area contributed by atoms with Gasteiger partial charge >= 0.3 is 6.61 Å². The van der Waals surface area contributed by atoms with E-state index in [-0.39, 0.29) is 28.7 Å². The lowest BCUT2D eigenvalue weighted by molar-refractivity contribution is -0.0499. The topological polar surface area (TPSA) is 98.6 Å². The summed E-state index contributed by atoms with van der Waals surface area (Å²) >= 11 is 0. The van der Waals surface area contributed by atoms with Crippen LogP contribution in [0.1, 0.15) is 0 Å². The van der Waals surface area contributed by atoms with Crippen LogP contribution in [0.2, 0.25) is 0 Å². The average Bonchev–Trinajstić information content (AvgIpc) is 2.90. The van der Waals surface area contributed by atoms with E-state index in [0.29, 0.717) is 5.65 Å². The summed E-state index contributed by atoms with van der Waals surface area (Å²) in [5.74, 6) is -0.0163. The largest absolute Gasteiger partial charge is 0.507 e. The molecule has 0 spiro atoms. The Morgan fingerprint density at radius 2 is 2.10 bits per heavy atom. The van der Waals surface area contributed by atoms with E-state index in [2.05, 4.69) is 19.9 Å². The number of nitrogens with two attached hydrogens (primary N) is 1. The van der Waals surface area contributed by atoms with Crippen molar-refractivity contribution in [3.63, 3.8) is 0 Å². The lowest BCUT2D eigenvalue weighted by Crippen LogP contribution is -2.04. The number of benzene rings is 1. The number of alkyl halides is 2. The molecule has 0 radical (unpaired) electrons. The second kappa shape index (κ2) is 4.85. The summed E-state index contributed by atoms with van der Waals surface area (Å²) in [7, 11) is 0. The minimum Gasteiger partial charge on any atom is -0.507 e. The molecule has 0 bridgehead atoms. The first-order valence-corrected chi connectivity index (χ1v) is 5.79. The van der Waals surface area contributed by atoms with Gasteiger partial charge in [-0.1, -0.05) is 0 Å². The molecule has 1 aromatic carbocycles. The van der Waals surface area contributed by atoms with E-state index < -0.39 is 6.61 Å². The third-order valence-electron chi connectivity index (χ3n) is 2.79. The van der Waals surface area contributed by atoms with Crippen LogP contribution in [-0.2, 0) is 0 Å². The minimum atomic E-state index is -2.97. The maximum atomic E-state index is 12.1. The van der Waals surface area contributed by atoms with Crippen molar-refractivity contribution in [3.8, 4) is 22.9 Å². The highest BCUT2D eigenvalue weighted by Gasteiger charge is 2.15. The van der Waals surface area contributed by atoms with Gasteiger partial charge in [0.05, 0.1) is 5.56 Å². The van der Waals surface area contributed by atoms with E-state index in [4.69, 9.17) is 5.73 Å². The number of hydrogen-bond donors (Lipinski definition) is 2. The second-order valence-electron chi connectivity index (χ2n) is 4.09. The number of imidazole rings is 1. The fourth-order valence-electron chi connectivity index (χ4n) is 1.92. The molecule has 0 saturated carbocycles. The first-order valence-electron chi connectivity index (χ1n) is 5.79. The molecule has 2 heterocycles. The Hall–Kier alpha value is -2.97. The molecule has 108 valence electrons. The Balaban J connectivity index is 2.11. The van der Waals surface area contributed by atoms with Crippen molar-refractivity contribution in [3.05, 3.63) is 30.6 Å². The normalized spacial score (nSPS) is 11.2. The van der Waals surface area contributed by atoms with Gasteiger partial charge in [0, 0.05) is 18.5 Å². The van der Waals surface area contributed by atoms with Gasteiger partial charge in [0.1, 0.15) is 11.5 Å². The van der Waals surface area contributed by atoms with Gasteiger partial charge in [0.15, 0.2) is 17.3 Å². The first-order chi connectivity index (χ1) is 10.1. The van der Waals surface area contributed by atoms with Crippen molar-refractivity contribution in [2.45, 2.75) is 6.61 Å². The van der Waals surface area contributed by atoms with Gasteiger partial charge in [-0.15, -0.1) is 10.2 Å². The fourth-order valence-corrected chi connectivity index (χ4v) is 1.92. The van der Waals surface area contributed by atoms with Crippen LogP contribution in [0.15, 0.2) is 30.6 Å². The Morgan fingerprint density at radius 3 is 2.81 bits per heavy atom. The molecule has 0 aliphatic rings. The van der Waals surface area contributed by atoms with E-state index in [1.165, 1.54) is 22.7 Å². The van der Waals surface area contributed by atoms with Crippen molar-refractivity contribution in [2.24, 2.45) is 0 Å². The van der Waals surface area contributed by atoms with Crippen molar-refractivity contribution in [1.29, 1.82) is 0 Å². The van der Waals surface area contributed by atoms with Gasteiger partial charge in [-0.3, -0.25) is 4.40 Å². The summed E-state index contributed by atoms with van der Waals surface area (Å²) in [6.45, 7) is -2.97. The summed E-state index contributed by atoms with van der Waals surface area (Å²) in [5.41, 5.74) is 6.31. The van der Waals surface area contributed by atoms with Crippen LogP contribution in [0.4, 0.5) is 14.6 Å². The van der Waals surface area contributed by atoms with E-state index in [9.17, 15) is 13.9 Å². The molecule has 0 aliphatic heterocycles. The smallest absolute Gasteiger partial charge is 0.387 e. The van der Waals surface area contributed by atoms with Crippen molar-refractivity contribution in [2.75, 3.05) is 5.73 Å². The number of aromatic nitrogens is 4. The molecular weight excluding hydrogens is 284 g/mol. The van der Waals surface area contributed by atoms with E-state index >= 15 is 0 Å². The molecule has 9 heteroatoms. The Morgan fingerprint density at radius 1 is 1.29 bits per heavy atom. The molecule has 0 atom stereocenters. The Labute approximate surface area is 116 Å². The first kappa shape index (κ1) is 13.0. The van der Waals surface area contributed by atoms with E-state index in [1.54, 1.807) is 6.20 Å². The third-order valence-corrected chi connectivity index (χ3v) is 2.79. The van der Waals surface area contributed by atoms with Gasteiger partial charge in [0.25, 0.3) is 0 Å². The number of halogens is 2. The molecule has 21 heavy (non-hydrogen) atoms. The van der Waals surface area contributed by atoms with Crippen LogP contribution < -0.4 is 10.5 Å². The number of anilines is 1. The third kappa shape index (κ3) is 2.29. The number of ether oxygens (including phenoxy) is 1. The highest BCUT2D eigenvalue weighted by atomic mass is 19.3. The van der Waals surface area contributed by atoms with Crippen LogP contribution in [0.5, 0.6) is 11.5 Å². The van der Waals surface area contributed by atoms with E-state index in [1.807, 2.05) is 0 Å². The average molecular weight is 293 g/mol. The summed E-state index contributed by atoms with van der Waals surface area (Å²) < 4.78 is 30.0. The fraction of sp³-hybridized carbons (Fsp3) is 0.0833.